The van der Waals surface area contributed by atoms with Crippen molar-refractivity contribution in [3.05, 3.63) is 33.8 Å². The first kappa shape index (κ1) is 14.7. The van der Waals surface area contributed by atoms with Gasteiger partial charge in [0.25, 0.3) is 0 Å². The summed E-state index contributed by atoms with van der Waals surface area (Å²) in [6.45, 7) is 6.09. The second kappa shape index (κ2) is 5.98. The summed E-state index contributed by atoms with van der Waals surface area (Å²) >= 11 is 3.53. The molecule has 3 heteroatoms. The summed E-state index contributed by atoms with van der Waals surface area (Å²) in [6.07, 6.45) is 1.08. The number of aliphatic hydroxyl groups is 1. The Morgan fingerprint density at radius 3 is 2.65 bits per heavy atom. The van der Waals surface area contributed by atoms with Crippen molar-refractivity contribution >= 4 is 15.9 Å². The molecular weight excluding hydrogens is 280 g/mol. The molecule has 0 aromatic heterocycles. The normalized spacial score (nSPS) is 13.8. The van der Waals surface area contributed by atoms with Crippen molar-refractivity contribution in [3.63, 3.8) is 0 Å². The fourth-order valence-electron chi connectivity index (χ4n) is 1.67. The Morgan fingerprint density at radius 2 is 2.06 bits per heavy atom. The van der Waals surface area contributed by atoms with Crippen LogP contribution in [0.3, 0.4) is 0 Å². The molecule has 0 amide bonds. The zero-order valence-corrected chi connectivity index (χ0v) is 12.5. The van der Waals surface area contributed by atoms with Crippen LogP contribution in [0.1, 0.15) is 43.9 Å². The van der Waals surface area contributed by atoms with Gasteiger partial charge in [-0.15, -0.1) is 0 Å². The minimum atomic E-state index is -0.446. The molecule has 0 saturated heterocycles. The predicted molar refractivity (Wildman–Crippen MR) is 74.2 cm³/mol. The lowest BCUT2D eigenvalue weighted by atomic mass is 9.96. The quantitative estimate of drug-likeness (QED) is 0.891. The summed E-state index contributed by atoms with van der Waals surface area (Å²) in [5.74, 6) is 0. The van der Waals surface area contributed by atoms with Gasteiger partial charge in [-0.1, -0.05) is 34.1 Å². The number of benzene rings is 1. The first-order valence-electron chi connectivity index (χ1n) is 5.85. The van der Waals surface area contributed by atoms with Crippen LogP contribution in [0.25, 0.3) is 0 Å². The molecule has 1 N–H and O–H groups in total. The van der Waals surface area contributed by atoms with Crippen molar-refractivity contribution in [3.8, 4) is 0 Å². The maximum atomic E-state index is 10.2. The van der Waals surface area contributed by atoms with Crippen molar-refractivity contribution in [2.45, 2.75) is 45.3 Å². The van der Waals surface area contributed by atoms with Gasteiger partial charge in [0.15, 0.2) is 0 Å². The number of halogens is 1. The van der Waals surface area contributed by atoms with Crippen LogP contribution < -0.4 is 0 Å². The number of methoxy groups -OCH3 is 1. The largest absolute Gasteiger partial charge is 0.388 e. The fourth-order valence-corrected chi connectivity index (χ4v) is 2.20. The molecule has 17 heavy (non-hydrogen) atoms. The van der Waals surface area contributed by atoms with E-state index < -0.39 is 6.10 Å². The SMILES string of the molecule is COC(C)(C)CCC(O)c1cccc(C)c1Br. The summed E-state index contributed by atoms with van der Waals surface area (Å²) in [4.78, 5) is 0. The van der Waals surface area contributed by atoms with Crippen LogP contribution in [0.4, 0.5) is 0 Å². The lowest BCUT2D eigenvalue weighted by Gasteiger charge is -2.24. The summed E-state index contributed by atoms with van der Waals surface area (Å²) in [7, 11) is 1.70. The van der Waals surface area contributed by atoms with Crippen molar-refractivity contribution in [1.82, 2.24) is 0 Å². The molecule has 0 aliphatic heterocycles. The second-order valence-corrected chi connectivity index (χ2v) is 5.79. The highest BCUT2D eigenvalue weighted by Crippen LogP contribution is 2.30. The van der Waals surface area contributed by atoms with Crippen molar-refractivity contribution in [2.75, 3.05) is 7.11 Å². The van der Waals surface area contributed by atoms with Crippen LogP contribution in [-0.4, -0.2) is 17.8 Å². The molecule has 2 nitrogen and oxygen atoms in total. The number of ether oxygens (including phenoxy) is 1. The zero-order valence-electron chi connectivity index (χ0n) is 11.0. The predicted octanol–water partition coefficient (Wildman–Crippen LogP) is 4.00. The van der Waals surface area contributed by atoms with Crippen LogP contribution in [-0.2, 0) is 4.74 Å². The van der Waals surface area contributed by atoms with Crippen LogP contribution in [0.2, 0.25) is 0 Å². The van der Waals surface area contributed by atoms with Crippen molar-refractivity contribution < 1.29 is 9.84 Å². The Labute approximate surface area is 112 Å². The van der Waals surface area contributed by atoms with E-state index in [1.54, 1.807) is 7.11 Å². The van der Waals surface area contributed by atoms with Gasteiger partial charge in [0, 0.05) is 11.6 Å². The van der Waals surface area contributed by atoms with Gasteiger partial charge in [-0.05, 0) is 44.7 Å². The molecule has 1 unspecified atom stereocenters. The van der Waals surface area contributed by atoms with E-state index in [4.69, 9.17) is 4.74 Å². The molecule has 0 spiro atoms. The summed E-state index contributed by atoms with van der Waals surface area (Å²) in [6, 6.07) is 5.96. The molecule has 0 aliphatic rings. The van der Waals surface area contributed by atoms with Gasteiger partial charge in [-0.3, -0.25) is 0 Å². The molecule has 0 bridgehead atoms. The van der Waals surface area contributed by atoms with Gasteiger partial charge in [-0.2, -0.15) is 0 Å². The third kappa shape index (κ3) is 4.09. The van der Waals surface area contributed by atoms with Crippen molar-refractivity contribution in [2.24, 2.45) is 0 Å². The standard InChI is InChI=1S/C14H21BrO2/c1-10-6-5-7-11(13(10)15)12(16)8-9-14(2,3)17-4/h5-7,12,16H,8-9H2,1-4H3. The topological polar surface area (TPSA) is 29.5 Å². The lowest BCUT2D eigenvalue weighted by molar-refractivity contribution is 0.00272. The van der Waals surface area contributed by atoms with E-state index in [1.807, 2.05) is 39.0 Å². The lowest BCUT2D eigenvalue weighted by Crippen LogP contribution is -2.23. The highest BCUT2D eigenvalue weighted by molar-refractivity contribution is 9.10. The number of aryl methyl sites for hydroxylation is 1. The number of aliphatic hydroxyl groups excluding tert-OH is 1. The molecule has 1 aromatic rings. The number of hydrogen-bond donors (Lipinski definition) is 1. The minimum absolute atomic E-state index is 0.183. The van der Waals surface area contributed by atoms with Crippen LogP contribution in [0.15, 0.2) is 22.7 Å². The molecule has 1 rings (SSSR count). The molecule has 0 radical (unpaired) electrons. The first-order valence-corrected chi connectivity index (χ1v) is 6.65. The van der Waals surface area contributed by atoms with Crippen LogP contribution >= 0.6 is 15.9 Å². The molecule has 1 atom stereocenters. The Balaban J connectivity index is 2.71. The minimum Gasteiger partial charge on any atom is -0.388 e. The van der Waals surface area contributed by atoms with Gasteiger partial charge in [0.2, 0.25) is 0 Å². The summed E-state index contributed by atoms with van der Waals surface area (Å²) < 4.78 is 6.36. The summed E-state index contributed by atoms with van der Waals surface area (Å²) in [5.41, 5.74) is 1.92. The zero-order chi connectivity index (χ0) is 13.1. The van der Waals surface area contributed by atoms with Gasteiger partial charge in [0.1, 0.15) is 0 Å². The maximum absolute atomic E-state index is 10.2. The van der Waals surface area contributed by atoms with Crippen molar-refractivity contribution in [1.29, 1.82) is 0 Å². The average molecular weight is 301 g/mol. The molecule has 0 fully saturated rings. The molecule has 0 heterocycles. The first-order chi connectivity index (χ1) is 7.87. The van der Waals surface area contributed by atoms with Gasteiger partial charge >= 0.3 is 0 Å². The number of hydrogen-bond acceptors (Lipinski definition) is 2. The third-order valence-corrected chi connectivity index (χ3v) is 4.24. The Bertz CT molecular complexity index is 374. The smallest absolute Gasteiger partial charge is 0.0802 e. The Kier molecular flexibility index (Phi) is 5.17. The molecule has 0 aliphatic carbocycles. The summed E-state index contributed by atoms with van der Waals surface area (Å²) in [5, 5.41) is 10.2. The molecular formula is C14H21BrO2. The third-order valence-electron chi connectivity index (χ3n) is 3.15. The molecule has 0 saturated carbocycles. The Hall–Kier alpha value is -0.380. The van der Waals surface area contributed by atoms with E-state index in [0.29, 0.717) is 6.42 Å². The molecule has 1 aromatic carbocycles. The van der Waals surface area contributed by atoms with E-state index in [2.05, 4.69) is 15.9 Å². The van der Waals surface area contributed by atoms with Gasteiger partial charge < -0.3 is 9.84 Å². The van der Waals surface area contributed by atoms with Gasteiger partial charge in [0.05, 0.1) is 11.7 Å². The van der Waals surface area contributed by atoms with Gasteiger partial charge in [-0.25, -0.2) is 0 Å². The number of rotatable bonds is 5. The van der Waals surface area contributed by atoms with E-state index in [9.17, 15) is 5.11 Å². The van der Waals surface area contributed by atoms with Crippen LogP contribution in [0, 0.1) is 6.92 Å². The van der Waals surface area contributed by atoms with E-state index in [1.165, 1.54) is 0 Å². The van der Waals surface area contributed by atoms with E-state index >= 15 is 0 Å². The Morgan fingerprint density at radius 1 is 1.41 bits per heavy atom. The second-order valence-electron chi connectivity index (χ2n) is 5.00. The maximum Gasteiger partial charge on any atom is 0.0802 e. The fraction of sp³-hybridized carbons (Fsp3) is 0.571. The molecule has 96 valence electrons. The monoisotopic (exact) mass is 300 g/mol. The highest BCUT2D eigenvalue weighted by atomic mass is 79.9. The van der Waals surface area contributed by atoms with E-state index in [0.717, 1.165) is 22.0 Å². The highest BCUT2D eigenvalue weighted by Gasteiger charge is 2.20. The van der Waals surface area contributed by atoms with Crippen LogP contribution in [0.5, 0.6) is 0 Å². The van der Waals surface area contributed by atoms with E-state index in [-0.39, 0.29) is 5.60 Å². The average Bonchev–Trinajstić information content (AvgIpc) is 2.30.